The van der Waals surface area contributed by atoms with Crippen LogP contribution in [-0.2, 0) is 0 Å². The predicted molar refractivity (Wildman–Crippen MR) is 130 cm³/mol. The number of para-hydroxylation sites is 2. The highest BCUT2D eigenvalue weighted by atomic mass is 15.1. The molecule has 0 N–H and O–H groups in total. The number of anilines is 1. The molecule has 0 fully saturated rings. The average molecular weight is 379 g/mol. The van der Waals surface area contributed by atoms with E-state index in [1.165, 1.54) is 16.8 Å². The van der Waals surface area contributed by atoms with Gasteiger partial charge in [-0.1, -0.05) is 74.0 Å². The number of hydrogen-bond donors (Lipinski definition) is 0. The molecule has 0 aliphatic carbocycles. The van der Waals surface area contributed by atoms with Crippen molar-refractivity contribution >= 4 is 23.7 Å². The van der Waals surface area contributed by atoms with Gasteiger partial charge in [0.05, 0.1) is 11.4 Å². The molecule has 0 unspecified atom stereocenters. The Morgan fingerprint density at radius 2 is 1.71 bits per heavy atom. The van der Waals surface area contributed by atoms with Crippen molar-refractivity contribution in [2.45, 2.75) is 47.5 Å². The summed E-state index contributed by atoms with van der Waals surface area (Å²) in [6, 6.07) is 16.5. The number of benzene rings is 2. The lowest BCUT2D eigenvalue weighted by Gasteiger charge is -2.23. The van der Waals surface area contributed by atoms with Crippen molar-refractivity contribution in [3.05, 3.63) is 78.9 Å². The SMILES string of the molecule is C=C(C)c1cccc(C)c1.C=CCC.C=Nc1ccccc1N(CC)CCC. The van der Waals surface area contributed by atoms with Crippen molar-refractivity contribution in [3.8, 4) is 0 Å². The van der Waals surface area contributed by atoms with Crippen LogP contribution in [-0.4, -0.2) is 19.8 Å². The molecule has 0 atom stereocenters. The molecule has 0 heterocycles. The van der Waals surface area contributed by atoms with E-state index in [4.69, 9.17) is 0 Å². The Balaban J connectivity index is 0.000000454. The van der Waals surface area contributed by atoms with E-state index >= 15 is 0 Å². The third kappa shape index (κ3) is 9.91. The Kier molecular flexibility index (Phi) is 14.0. The molecule has 2 rings (SSSR count). The molecular weight excluding hydrogens is 340 g/mol. The summed E-state index contributed by atoms with van der Waals surface area (Å²) in [7, 11) is 0. The van der Waals surface area contributed by atoms with E-state index in [-0.39, 0.29) is 0 Å². The first-order chi connectivity index (χ1) is 13.4. The highest BCUT2D eigenvalue weighted by molar-refractivity contribution is 5.68. The van der Waals surface area contributed by atoms with Crippen LogP contribution >= 0.6 is 0 Å². The van der Waals surface area contributed by atoms with Crippen molar-refractivity contribution in [1.29, 1.82) is 0 Å². The molecule has 152 valence electrons. The third-order valence-electron chi connectivity index (χ3n) is 4.07. The summed E-state index contributed by atoms with van der Waals surface area (Å²) in [6.07, 6.45) is 4.11. The highest BCUT2D eigenvalue weighted by Crippen LogP contribution is 2.27. The summed E-state index contributed by atoms with van der Waals surface area (Å²) < 4.78 is 0. The summed E-state index contributed by atoms with van der Waals surface area (Å²) in [6.45, 7) is 23.5. The average Bonchev–Trinajstić information content (AvgIpc) is 2.72. The van der Waals surface area contributed by atoms with Gasteiger partial charge in [0.15, 0.2) is 0 Å². The van der Waals surface area contributed by atoms with Crippen molar-refractivity contribution in [3.63, 3.8) is 0 Å². The molecule has 0 aliphatic rings. The lowest BCUT2D eigenvalue weighted by Crippen LogP contribution is -2.23. The Hall–Kier alpha value is -2.61. The number of allylic oxidation sites excluding steroid dienone is 2. The van der Waals surface area contributed by atoms with E-state index < -0.39 is 0 Å². The van der Waals surface area contributed by atoms with E-state index in [9.17, 15) is 0 Å². The van der Waals surface area contributed by atoms with Gasteiger partial charge in [-0.2, -0.15) is 0 Å². The minimum atomic E-state index is 0.975. The monoisotopic (exact) mass is 378 g/mol. The van der Waals surface area contributed by atoms with Gasteiger partial charge < -0.3 is 4.90 Å². The van der Waals surface area contributed by atoms with Crippen LogP contribution in [0.5, 0.6) is 0 Å². The second-order valence-corrected chi connectivity index (χ2v) is 6.57. The Bertz CT molecular complexity index is 716. The zero-order valence-corrected chi connectivity index (χ0v) is 18.5. The quantitative estimate of drug-likeness (QED) is 0.353. The predicted octanol–water partition coefficient (Wildman–Crippen LogP) is 7.87. The molecule has 0 spiro atoms. The second kappa shape index (κ2) is 15.4. The molecule has 2 aromatic carbocycles. The number of aryl methyl sites for hydroxylation is 1. The summed E-state index contributed by atoms with van der Waals surface area (Å²) in [5.41, 5.74) is 5.82. The van der Waals surface area contributed by atoms with Gasteiger partial charge in [0.25, 0.3) is 0 Å². The largest absolute Gasteiger partial charge is 0.370 e. The van der Waals surface area contributed by atoms with Crippen LogP contribution in [0, 0.1) is 6.92 Å². The van der Waals surface area contributed by atoms with Crippen LogP contribution in [0.25, 0.3) is 5.57 Å². The standard InChI is InChI=1S/C12H18N2.C10H12.C4H8/c1-4-10-14(5-2)12-9-7-6-8-11(12)13-3;1-8(2)10-6-4-5-9(3)7-10;1-3-4-2/h6-9H,3-5,10H2,1-2H3;4-7H,1H2,2-3H3;3H,1,4H2,2H3. The van der Waals surface area contributed by atoms with Gasteiger partial charge in [-0.05, 0) is 58.0 Å². The lowest BCUT2D eigenvalue weighted by atomic mass is 10.1. The first kappa shape index (κ1) is 25.4. The van der Waals surface area contributed by atoms with Gasteiger partial charge in [0, 0.05) is 13.1 Å². The molecule has 0 bridgehead atoms. The highest BCUT2D eigenvalue weighted by Gasteiger charge is 2.06. The van der Waals surface area contributed by atoms with Crippen molar-refractivity contribution < 1.29 is 0 Å². The molecule has 28 heavy (non-hydrogen) atoms. The van der Waals surface area contributed by atoms with Crippen LogP contribution in [0.15, 0.2) is 72.8 Å². The van der Waals surface area contributed by atoms with Gasteiger partial charge in [-0.15, -0.1) is 6.58 Å². The van der Waals surface area contributed by atoms with Crippen LogP contribution < -0.4 is 4.90 Å². The first-order valence-electron chi connectivity index (χ1n) is 10.1. The van der Waals surface area contributed by atoms with Crippen molar-refractivity contribution in [2.75, 3.05) is 18.0 Å². The van der Waals surface area contributed by atoms with Gasteiger partial charge in [-0.3, -0.25) is 4.99 Å². The van der Waals surface area contributed by atoms with E-state index in [0.717, 1.165) is 37.2 Å². The van der Waals surface area contributed by atoms with Crippen LogP contribution in [0.4, 0.5) is 11.4 Å². The first-order valence-corrected chi connectivity index (χ1v) is 10.1. The van der Waals surface area contributed by atoms with Crippen LogP contribution in [0.3, 0.4) is 0 Å². The summed E-state index contributed by atoms with van der Waals surface area (Å²) >= 11 is 0. The van der Waals surface area contributed by atoms with Crippen LogP contribution in [0.1, 0.15) is 51.7 Å². The van der Waals surface area contributed by atoms with Gasteiger partial charge in [-0.25, -0.2) is 0 Å². The fourth-order valence-electron chi connectivity index (χ4n) is 2.49. The molecule has 2 nitrogen and oxygen atoms in total. The summed E-state index contributed by atoms with van der Waals surface area (Å²) in [5.74, 6) is 0. The van der Waals surface area contributed by atoms with Crippen molar-refractivity contribution in [1.82, 2.24) is 0 Å². The third-order valence-corrected chi connectivity index (χ3v) is 4.07. The number of rotatable bonds is 7. The topological polar surface area (TPSA) is 15.6 Å². The Morgan fingerprint density at radius 3 is 2.14 bits per heavy atom. The lowest BCUT2D eigenvalue weighted by molar-refractivity contribution is 0.792. The zero-order chi connectivity index (χ0) is 21.4. The molecule has 2 heteroatoms. The molecular formula is C26H38N2. The second-order valence-electron chi connectivity index (χ2n) is 6.57. The molecule has 0 saturated carbocycles. The van der Waals surface area contributed by atoms with E-state index in [2.05, 4.69) is 87.8 Å². The number of hydrogen-bond acceptors (Lipinski definition) is 2. The Morgan fingerprint density at radius 1 is 1.07 bits per heavy atom. The number of aliphatic imine (C=N–C) groups is 1. The normalized spacial score (nSPS) is 9.18. The molecule has 2 aromatic rings. The van der Waals surface area contributed by atoms with Gasteiger partial charge in [0.2, 0.25) is 0 Å². The maximum Gasteiger partial charge on any atom is 0.0855 e. The van der Waals surface area contributed by atoms with E-state index in [1.807, 2.05) is 31.2 Å². The van der Waals surface area contributed by atoms with Crippen molar-refractivity contribution in [2.24, 2.45) is 4.99 Å². The molecule has 0 saturated heterocycles. The fourth-order valence-corrected chi connectivity index (χ4v) is 2.49. The summed E-state index contributed by atoms with van der Waals surface area (Å²) in [5, 5.41) is 0. The van der Waals surface area contributed by atoms with E-state index in [0.29, 0.717) is 0 Å². The summed E-state index contributed by atoms with van der Waals surface area (Å²) in [4.78, 5) is 6.35. The fraction of sp³-hybridized carbons (Fsp3) is 0.346. The maximum atomic E-state index is 4.03. The smallest absolute Gasteiger partial charge is 0.0855 e. The minimum Gasteiger partial charge on any atom is -0.370 e. The Labute approximate surface area is 173 Å². The number of nitrogens with zero attached hydrogens (tertiary/aromatic N) is 2. The molecule has 0 radical (unpaired) electrons. The van der Waals surface area contributed by atoms with Crippen LogP contribution in [0.2, 0.25) is 0 Å². The molecule has 0 amide bonds. The van der Waals surface area contributed by atoms with Gasteiger partial charge >= 0.3 is 0 Å². The van der Waals surface area contributed by atoms with E-state index in [1.54, 1.807) is 0 Å². The zero-order valence-electron chi connectivity index (χ0n) is 18.5. The molecule has 0 aromatic heterocycles. The van der Waals surface area contributed by atoms with Gasteiger partial charge in [0.1, 0.15) is 0 Å². The maximum absolute atomic E-state index is 4.03. The minimum absolute atomic E-state index is 0.975. The molecule has 0 aliphatic heterocycles.